The van der Waals surface area contributed by atoms with Gasteiger partial charge in [-0.1, -0.05) is 0 Å². The Morgan fingerprint density at radius 3 is 2.60 bits per heavy atom. The van der Waals surface area contributed by atoms with Gasteiger partial charge in [-0.2, -0.15) is 0 Å². The van der Waals surface area contributed by atoms with Crippen molar-refractivity contribution >= 4 is 33.9 Å². The van der Waals surface area contributed by atoms with Crippen LogP contribution in [0.5, 0.6) is 5.75 Å². The first-order chi connectivity index (χ1) is 19.1. The molecule has 0 radical (unpaired) electrons. The van der Waals surface area contributed by atoms with Gasteiger partial charge >= 0.3 is 6.09 Å². The highest BCUT2D eigenvalue weighted by atomic mass is 16.6. The summed E-state index contributed by atoms with van der Waals surface area (Å²) in [5.41, 5.74) is 4.03. The second-order valence-electron chi connectivity index (χ2n) is 11.4. The third-order valence-electron chi connectivity index (χ3n) is 7.28. The molecule has 1 aliphatic rings. The number of carbonyl (C=O) groups is 2. The normalized spacial score (nSPS) is 15.9. The number of amides is 2. The van der Waals surface area contributed by atoms with Gasteiger partial charge in [-0.25, -0.2) is 9.78 Å². The van der Waals surface area contributed by atoms with E-state index in [1.807, 2.05) is 59.0 Å². The van der Waals surface area contributed by atoms with Crippen LogP contribution in [-0.2, 0) is 18.3 Å². The number of benzene rings is 2. The van der Waals surface area contributed by atoms with Crippen LogP contribution < -0.4 is 10.1 Å². The number of ether oxygens (including phenoxy) is 2. The van der Waals surface area contributed by atoms with Crippen molar-refractivity contribution < 1.29 is 19.1 Å². The molecule has 9 nitrogen and oxygen atoms in total. The summed E-state index contributed by atoms with van der Waals surface area (Å²) in [6.45, 7) is 12.2. The number of rotatable bonds is 6. The van der Waals surface area contributed by atoms with Crippen LogP contribution in [0.2, 0.25) is 0 Å². The maximum Gasteiger partial charge on any atom is 0.407 e. The van der Waals surface area contributed by atoms with Crippen LogP contribution in [0.3, 0.4) is 0 Å². The van der Waals surface area contributed by atoms with Crippen LogP contribution in [0.15, 0.2) is 42.5 Å². The Kier molecular flexibility index (Phi) is 7.49. The lowest BCUT2D eigenvalue weighted by molar-refractivity contribution is 0.0323. The first-order valence-electron chi connectivity index (χ1n) is 14.1. The van der Waals surface area contributed by atoms with Crippen LogP contribution in [0.25, 0.3) is 33.5 Å². The molecule has 1 aliphatic heterocycles. The van der Waals surface area contributed by atoms with Gasteiger partial charge < -0.3 is 28.8 Å². The summed E-state index contributed by atoms with van der Waals surface area (Å²) in [6, 6.07) is 14.0. The van der Waals surface area contributed by atoms with E-state index in [2.05, 4.69) is 39.6 Å². The van der Waals surface area contributed by atoms with Gasteiger partial charge in [-0.3, -0.25) is 4.79 Å². The molecule has 1 atom stereocenters. The van der Waals surface area contributed by atoms with Crippen molar-refractivity contribution in [1.29, 1.82) is 0 Å². The second-order valence-corrected chi connectivity index (χ2v) is 11.4. The molecule has 3 heterocycles. The van der Waals surface area contributed by atoms with Gasteiger partial charge in [-0.15, -0.1) is 0 Å². The fraction of sp³-hybridized carbons (Fsp3) is 0.452. The molecule has 0 spiro atoms. The Morgan fingerprint density at radius 2 is 1.88 bits per heavy atom. The summed E-state index contributed by atoms with van der Waals surface area (Å²) >= 11 is 0. The fourth-order valence-electron chi connectivity index (χ4n) is 5.47. The van der Waals surface area contributed by atoms with Crippen LogP contribution in [-0.4, -0.2) is 62.4 Å². The minimum Gasteiger partial charge on any atom is -0.494 e. The number of imidazole rings is 1. The summed E-state index contributed by atoms with van der Waals surface area (Å²) < 4.78 is 15.7. The van der Waals surface area contributed by atoms with Crippen LogP contribution in [0.1, 0.15) is 57.8 Å². The van der Waals surface area contributed by atoms with Gasteiger partial charge in [0.15, 0.2) is 5.82 Å². The van der Waals surface area contributed by atoms with Crippen molar-refractivity contribution in [2.45, 2.75) is 65.6 Å². The Bertz CT molecular complexity index is 1560. The minimum absolute atomic E-state index is 0.0789. The van der Waals surface area contributed by atoms with Crippen molar-refractivity contribution in [2.75, 3.05) is 19.7 Å². The number of alkyl carbamates (subject to hydrolysis) is 1. The molecule has 4 aromatic rings. The molecule has 5 rings (SSSR count). The average molecular weight is 546 g/mol. The van der Waals surface area contributed by atoms with Gasteiger partial charge in [-0.05, 0) is 83.9 Å². The van der Waals surface area contributed by atoms with Crippen LogP contribution in [0.4, 0.5) is 4.79 Å². The van der Waals surface area contributed by atoms with Crippen molar-refractivity contribution in [3.63, 3.8) is 0 Å². The van der Waals surface area contributed by atoms with Gasteiger partial charge in [0, 0.05) is 42.7 Å². The number of piperidine rings is 1. The van der Waals surface area contributed by atoms with Gasteiger partial charge in [0.05, 0.1) is 35.4 Å². The van der Waals surface area contributed by atoms with E-state index < -0.39 is 6.09 Å². The molecule has 0 bridgehead atoms. The van der Waals surface area contributed by atoms with Crippen molar-refractivity contribution in [3.05, 3.63) is 48.0 Å². The number of hydrogen-bond donors (Lipinski definition) is 1. The summed E-state index contributed by atoms with van der Waals surface area (Å²) in [4.78, 5) is 32.5. The monoisotopic (exact) mass is 545 g/mol. The molecule has 0 unspecified atom stereocenters. The lowest BCUT2D eigenvalue weighted by Gasteiger charge is -2.33. The standard InChI is InChI=1S/C31H39N5O4/c1-7-36-26-18-22(39-8-2)13-11-20(26)17-27(36)28-32-24-16-21(12-14-25(24)34(28)6)29(37)35-15-9-10-23(19-35)40-30(38)33-31(3,4)5/h11-14,16-18,23H,7-10,15,19H2,1-6H3,(H,33,38)/t23-/m1/s1. The van der Waals surface area contributed by atoms with E-state index in [1.165, 1.54) is 0 Å². The van der Waals surface area contributed by atoms with E-state index >= 15 is 0 Å². The van der Waals surface area contributed by atoms with E-state index in [0.717, 1.165) is 58.6 Å². The maximum absolute atomic E-state index is 13.5. The number of carbonyl (C=O) groups excluding carboxylic acids is 2. The first-order valence-corrected chi connectivity index (χ1v) is 14.1. The number of hydrogen-bond acceptors (Lipinski definition) is 5. The molecular weight excluding hydrogens is 506 g/mol. The van der Waals surface area contributed by atoms with Crippen molar-refractivity contribution in [3.8, 4) is 17.3 Å². The van der Waals surface area contributed by atoms with Gasteiger partial charge in [0.25, 0.3) is 5.91 Å². The Hall–Kier alpha value is -4.01. The summed E-state index contributed by atoms with van der Waals surface area (Å²) in [7, 11) is 2.00. The molecule has 1 fully saturated rings. The van der Waals surface area contributed by atoms with Crippen molar-refractivity contribution in [1.82, 2.24) is 24.3 Å². The largest absolute Gasteiger partial charge is 0.494 e. The van der Waals surface area contributed by atoms with Crippen LogP contribution in [0, 0.1) is 0 Å². The molecule has 1 saturated heterocycles. The molecule has 0 saturated carbocycles. The first kappa shape index (κ1) is 27.6. The Morgan fingerprint density at radius 1 is 1.07 bits per heavy atom. The lowest BCUT2D eigenvalue weighted by atomic mass is 10.1. The highest BCUT2D eigenvalue weighted by molar-refractivity contribution is 5.98. The molecule has 212 valence electrons. The summed E-state index contributed by atoms with van der Waals surface area (Å²) in [5, 5.41) is 3.95. The summed E-state index contributed by atoms with van der Waals surface area (Å²) in [5.74, 6) is 1.61. The molecule has 40 heavy (non-hydrogen) atoms. The van der Waals surface area contributed by atoms with E-state index in [-0.39, 0.29) is 17.6 Å². The minimum atomic E-state index is -0.451. The van der Waals surface area contributed by atoms with E-state index in [4.69, 9.17) is 14.5 Å². The third-order valence-corrected chi connectivity index (χ3v) is 7.28. The molecule has 9 heteroatoms. The van der Waals surface area contributed by atoms with Gasteiger partial charge in [0.1, 0.15) is 11.9 Å². The molecular formula is C31H39N5O4. The molecule has 2 aromatic heterocycles. The number of aryl methyl sites for hydroxylation is 2. The Labute approximate surface area is 235 Å². The number of aromatic nitrogens is 3. The molecule has 1 N–H and O–H groups in total. The fourth-order valence-corrected chi connectivity index (χ4v) is 5.47. The molecule has 0 aliphatic carbocycles. The number of fused-ring (bicyclic) bond motifs is 2. The SMILES string of the molecule is CCOc1ccc2cc(-c3nc4cc(C(=O)N5CCC[C@@H](OC(=O)NC(C)(C)C)C5)ccc4n3C)n(CC)c2c1. The Balaban J connectivity index is 1.40. The highest BCUT2D eigenvalue weighted by Gasteiger charge is 2.28. The zero-order valence-corrected chi connectivity index (χ0v) is 24.3. The number of likely N-dealkylation sites (tertiary alicyclic amines) is 1. The average Bonchev–Trinajstić information content (AvgIpc) is 3.43. The molecule has 2 aromatic carbocycles. The quantitative estimate of drug-likeness (QED) is 0.334. The predicted molar refractivity (Wildman–Crippen MR) is 157 cm³/mol. The zero-order valence-electron chi connectivity index (χ0n) is 24.3. The van der Waals surface area contributed by atoms with Crippen LogP contribution >= 0.6 is 0 Å². The predicted octanol–water partition coefficient (Wildman–Crippen LogP) is 5.74. The second kappa shape index (κ2) is 10.9. The lowest BCUT2D eigenvalue weighted by Crippen LogP contribution is -2.47. The molecule has 2 amide bonds. The van der Waals surface area contributed by atoms with E-state index in [9.17, 15) is 9.59 Å². The van der Waals surface area contributed by atoms with E-state index in [0.29, 0.717) is 25.3 Å². The maximum atomic E-state index is 13.5. The van der Waals surface area contributed by atoms with Gasteiger partial charge in [0.2, 0.25) is 0 Å². The number of nitrogens with one attached hydrogen (secondary N) is 1. The van der Waals surface area contributed by atoms with E-state index in [1.54, 1.807) is 4.90 Å². The topological polar surface area (TPSA) is 90.6 Å². The zero-order chi connectivity index (χ0) is 28.6. The van der Waals surface area contributed by atoms with Crippen molar-refractivity contribution in [2.24, 2.45) is 7.05 Å². The third kappa shape index (κ3) is 5.50. The number of nitrogens with zero attached hydrogens (tertiary/aromatic N) is 4. The highest BCUT2D eigenvalue weighted by Crippen LogP contribution is 2.32. The smallest absolute Gasteiger partial charge is 0.407 e. The summed E-state index contributed by atoms with van der Waals surface area (Å²) in [6.07, 6.45) is 0.737.